The molecule has 2 saturated heterocycles. The lowest BCUT2D eigenvalue weighted by atomic mass is 10.4. The van der Waals surface area contributed by atoms with E-state index >= 15 is 0 Å². The van der Waals surface area contributed by atoms with Gasteiger partial charge in [-0.3, -0.25) is 24.1 Å². The van der Waals surface area contributed by atoms with Crippen molar-refractivity contribution in [2.75, 3.05) is 26.2 Å². The molecule has 0 aliphatic carbocycles. The first-order valence-electron chi connectivity index (χ1n) is 10.2. The van der Waals surface area contributed by atoms with E-state index in [1.165, 1.54) is 0 Å². The third-order valence-corrected chi connectivity index (χ3v) is 4.99. The number of hydroxylamine groups is 2. The molecule has 162 valence electrons. The van der Waals surface area contributed by atoms with Gasteiger partial charge >= 0.3 is 5.97 Å². The number of carbonyl (C=O) groups is 5. The maximum atomic E-state index is 12.0. The molecule has 0 bridgehead atoms. The summed E-state index contributed by atoms with van der Waals surface area (Å²) in [6.07, 6.45) is 4.44. The number of likely N-dealkylation sites (tertiary alicyclic amines) is 1. The minimum atomic E-state index is -0.769. The Hall–Kier alpha value is -2.49. The average Bonchev–Trinajstić information content (AvgIpc) is 3.23. The summed E-state index contributed by atoms with van der Waals surface area (Å²) in [7, 11) is 0. The fourth-order valence-corrected chi connectivity index (χ4v) is 3.52. The van der Waals surface area contributed by atoms with Crippen molar-refractivity contribution in [1.82, 2.24) is 20.6 Å². The van der Waals surface area contributed by atoms with E-state index < -0.39 is 17.8 Å². The maximum absolute atomic E-state index is 12.0. The molecular formula is C19H30N4O6. The molecule has 2 heterocycles. The van der Waals surface area contributed by atoms with E-state index in [-0.39, 0.29) is 50.6 Å². The third-order valence-electron chi connectivity index (χ3n) is 4.99. The first kappa shape index (κ1) is 22.8. The van der Waals surface area contributed by atoms with Crippen LogP contribution >= 0.6 is 0 Å². The van der Waals surface area contributed by atoms with Crippen LogP contribution in [0.5, 0.6) is 0 Å². The van der Waals surface area contributed by atoms with E-state index in [1.54, 1.807) is 0 Å². The maximum Gasteiger partial charge on any atom is 0.334 e. The fourth-order valence-electron chi connectivity index (χ4n) is 3.52. The van der Waals surface area contributed by atoms with Crippen molar-refractivity contribution in [3.05, 3.63) is 0 Å². The predicted octanol–water partition coefficient (Wildman–Crippen LogP) is -0.129. The van der Waals surface area contributed by atoms with Gasteiger partial charge in [0.05, 0.1) is 13.0 Å². The molecule has 0 aromatic rings. The average molecular weight is 419 g/mol. The largest absolute Gasteiger partial charge is 0.355 e. The Morgan fingerprint density at radius 1 is 1.03 bits per heavy atom. The summed E-state index contributed by atoms with van der Waals surface area (Å²) in [6.45, 7) is 3.67. The van der Waals surface area contributed by atoms with Crippen molar-refractivity contribution < 1.29 is 28.8 Å². The van der Waals surface area contributed by atoms with E-state index in [9.17, 15) is 24.0 Å². The standard InChI is InChI=1S/C19H30N4O6/c1-2-4-14-5-3-12-22(14)13-16(25)21-10-8-15(24)20-11-9-19(28)29-23-17(26)6-7-18(23)27/h14H,2-13H2,1H3,(H,20,24)(H,21,25)/i3+1,4+1,5+1,12+1,13+1,14+1,16+1,19+1,22+1. The molecule has 0 saturated carbocycles. The summed E-state index contributed by atoms with van der Waals surface area (Å²) in [5.41, 5.74) is 0. The highest BCUT2D eigenvalue weighted by Crippen LogP contribution is 2.20. The lowest BCUT2D eigenvalue weighted by Gasteiger charge is -2.23. The molecule has 1 atom stereocenters. The van der Waals surface area contributed by atoms with E-state index in [0.717, 1.165) is 32.2 Å². The van der Waals surface area contributed by atoms with Gasteiger partial charge in [-0.2, -0.15) is 0 Å². The summed E-state index contributed by atoms with van der Waals surface area (Å²) in [4.78, 5) is 65.1. The van der Waals surface area contributed by atoms with E-state index in [4.69, 9.17) is 4.84 Å². The topological polar surface area (TPSA) is 125 Å². The number of nitrogens with one attached hydrogen (secondary N) is 2. The minimum absolute atomic E-state index is 0.0221. The summed E-state index contributed by atoms with van der Waals surface area (Å²) < 4.78 is 0. The molecule has 2 aliphatic heterocycles. The lowest BCUT2D eigenvalue weighted by Crippen LogP contribution is -2.41. The van der Waals surface area contributed by atoms with Gasteiger partial charge in [0.2, 0.25) is 11.8 Å². The molecule has 10 nitrogen and oxygen atoms in total. The molecule has 29 heavy (non-hydrogen) atoms. The number of rotatable bonds is 11. The van der Waals surface area contributed by atoms with Crippen LogP contribution in [0.25, 0.3) is 0 Å². The molecule has 0 aromatic heterocycles. The molecule has 2 rings (SSSR count). The van der Waals surface area contributed by atoms with E-state index in [1.807, 2.05) is 0 Å². The molecule has 0 radical (unpaired) electrons. The lowest BCUT2D eigenvalue weighted by molar-refractivity contribution is -0.197. The van der Waals surface area contributed by atoms with E-state index in [0.29, 0.717) is 17.6 Å². The summed E-state index contributed by atoms with van der Waals surface area (Å²) in [5.74, 6) is -2.26. The number of carbonyl (C=O) groups excluding carboxylic acids is 5. The zero-order valence-electron chi connectivity index (χ0n) is 16.9. The van der Waals surface area contributed by atoms with Crippen LogP contribution in [0.1, 0.15) is 58.3 Å². The highest BCUT2D eigenvalue weighted by molar-refractivity contribution is 6.01. The predicted molar refractivity (Wildman–Crippen MR) is 102 cm³/mol. The zero-order valence-corrected chi connectivity index (χ0v) is 16.9. The molecule has 4 amide bonds. The molecule has 0 spiro atoms. The SMILES string of the molecule is CC[13CH2][13CH]1[13CH2][13CH2][13CH2][15N]1[13CH2][13C](=O)NCCC(=O)NCC[13C](=O)ON1C(=O)CCC1=O. The summed E-state index contributed by atoms with van der Waals surface area (Å²) in [6, 6.07) is 0.472. The highest BCUT2D eigenvalue weighted by atomic mass is 16.8. The number of amides is 4. The van der Waals surface area contributed by atoms with Gasteiger partial charge < -0.3 is 15.5 Å². The second-order valence-electron chi connectivity index (χ2n) is 7.30. The van der Waals surface area contributed by atoms with Crippen molar-refractivity contribution >= 4 is 29.6 Å². The van der Waals surface area contributed by atoms with Gasteiger partial charge in [0.1, 0.15) is 0 Å². The van der Waals surface area contributed by atoms with Crippen LogP contribution in [0, 0.1) is 0 Å². The van der Waals surface area contributed by atoms with Gasteiger partial charge in [-0.25, -0.2) is 4.79 Å². The van der Waals surface area contributed by atoms with Crippen LogP contribution in [0.2, 0.25) is 0 Å². The summed E-state index contributed by atoms with van der Waals surface area (Å²) >= 11 is 0. The molecule has 2 N–H and O–H groups in total. The number of hydrogen-bond donors (Lipinski definition) is 2. The smallest absolute Gasteiger partial charge is 0.334 e. The highest BCUT2D eigenvalue weighted by Gasteiger charge is 2.32. The molecule has 0 aromatic carbocycles. The van der Waals surface area contributed by atoms with Crippen molar-refractivity contribution in [2.45, 2.75) is 64.3 Å². The molecular weight excluding hydrogens is 389 g/mol. The Morgan fingerprint density at radius 3 is 2.38 bits per heavy atom. The van der Waals surface area contributed by atoms with Crippen LogP contribution in [0.3, 0.4) is 0 Å². The monoisotopic (exact) mass is 419 g/mol. The van der Waals surface area contributed by atoms with Gasteiger partial charge in [0, 0.05) is 38.4 Å². The van der Waals surface area contributed by atoms with Gasteiger partial charge in [-0.1, -0.05) is 13.3 Å². The quantitative estimate of drug-likeness (QED) is 0.272. The fraction of sp³-hybridized carbons (Fsp3) is 0.737. The molecule has 1 unspecified atom stereocenters. The summed E-state index contributed by atoms with van der Waals surface area (Å²) in [5, 5.41) is 5.76. The molecule has 10 heteroatoms. The van der Waals surface area contributed by atoms with Crippen molar-refractivity contribution in [3.63, 3.8) is 0 Å². The van der Waals surface area contributed by atoms with Crippen LogP contribution < -0.4 is 10.6 Å². The van der Waals surface area contributed by atoms with Crippen LogP contribution in [0.4, 0.5) is 0 Å². The zero-order chi connectivity index (χ0) is 21.2. The Labute approximate surface area is 170 Å². The van der Waals surface area contributed by atoms with Gasteiger partial charge in [-0.15, -0.1) is 5.06 Å². The van der Waals surface area contributed by atoms with Crippen molar-refractivity contribution in [3.8, 4) is 0 Å². The number of imide groups is 1. The van der Waals surface area contributed by atoms with Crippen molar-refractivity contribution in [2.24, 2.45) is 0 Å². The molecule has 2 fully saturated rings. The molecule has 2 aliphatic rings. The third kappa shape index (κ3) is 7.45. The number of nitrogens with zero attached hydrogens (tertiary/aromatic N) is 2. The Morgan fingerprint density at radius 2 is 1.69 bits per heavy atom. The first-order valence-corrected chi connectivity index (χ1v) is 10.2. The normalized spacial score (nSPS) is 19.5. The van der Waals surface area contributed by atoms with Crippen LogP contribution in [0.15, 0.2) is 0 Å². The van der Waals surface area contributed by atoms with Crippen LogP contribution in [-0.2, 0) is 28.8 Å². The van der Waals surface area contributed by atoms with E-state index in [2.05, 4.69) is 22.5 Å². The van der Waals surface area contributed by atoms with Gasteiger partial charge in [-0.05, 0) is 25.8 Å². The number of hydrogen-bond acceptors (Lipinski definition) is 7. The Bertz CT molecular complexity index is 622. The van der Waals surface area contributed by atoms with Gasteiger partial charge in [0.15, 0.2) is 0 Å². The van der Waals surface area contributed by atoms with Crippen LogP contribution in [-0.4, -0.2) is 71.8 Å². The second kappa shape index (κ2) is 11.5. The van der Waals surface area contributed by atoms with Crippen molar-refractivity contribution in [1.29, 1.82) is 0 Å². The Kier molecular flexibility index (Phi) is 9.04. The second-order valence-corrected chi connectivity index (χ2v) is 7.30. The van der Waals surface area contributed by atoms with Gasteiger partial charge in [0.25, 0.3) is 11.8 Å². The minimum Gasteiger partial charge on any atom is -0.355 e. The first-order chi connectivity index (χ1) is 13.9. The Balaban J connectivity index is 1.54.